The van der Waals surface area contributed by atoms with Crippen LogP contribution in [0.2, 0.25) is 0 Å². The number of carbonyl (C=O) groups excluding carboxylic acids is 1. The molecule has 0 aromatic heterocycles. The molecule has 2 saturated heterocycles. The van der Waals surface area contributed by atoms with Gasteiger partial charge in [0.25, 0.3) is 0 Å². The van der Waals surface area contributed by atoms with Crippen LogP contribution >= 0.6 is 0 Å². The van der Waals surface area contributed by atoms with Gasteiger partial charge >= 0.3 is 0 Å². The first-order valence-electron chi connectivity index (χ1n) is 9.39. The van der Waals surface area contributed by atoms with E-state index in [1.165, 1.54) is 12.8 Å². The van der Waals surface area contributed by atoms with Crippen molar-refractivity contribution in [2.24, 2.45) is 11.8 Å². The molecule has 0 aliphatic carbocycles. The van der Waals surface area contributed by atoms with Crippen molar-refractivity contribution in [1.82, 2.24) is 15.1 Å². The normalized spacial score (nSPS) is 22.9. The summed E-state index contributed by atoms with van der Waals surface area (Å²) in [7, 11) is 1.97. The van der Waals surface area contributed by atoms with Crippen molar-refractivity contribution in [3.8, 4) is 0 Å². The number of amides is 1. The van der Waals surface area contributed by atoms with Gasteiger partial charge < -0.3 is 20.2 Å². The minimum absolute atomic E-state index is 0.245. The molecule has 5 heteroatoms. The van der Waals surface area contributed by atoms with E-state index in [9.17, 15) is 9.90 Å². The fourth-order valence-corrected chi connectivity index (χ4v) is 3.90. The van der Waals surface area contributed by atoms with E-state index in [0.29, 0.717) is 18.2 Å². The first-order chi connectivity index (χ1) is 11.0. The molecular formula is C18H35N3O2. The number of aliphatic hydroxyl groups is 1. The van der Waals surface area contributed by atoms with Crippen LogP contribution in [0.25, 0.3) is 0 Å². The minimum atomic E-state index is -0.245. The largest absolute Gasteiger partial charge is 0.392 e. The van der Waals surface area contributed by atoms with Crippen LogP contribution in [0.4, 0.5) is 0 Å². The van der Waals surface area contributed by atoms with Gasteiger partial charge in [0.2, 0.25) is 5.91 Å². The molecule has 1 unspecified atom stereocenters. The molecule has 2 rings (SSSR count). The van der Waals surface area contributed by atoms with Crippen LogP contribution in [-0.2, 0) is 4.79 Å². The van der Waals surface area contributed by atoms with Gasteiger partial charge in [0.1, 0.15) is 0 Å². The average molecular weight is 325 g/mol. The first-order valence-corrected chi connectivity index (χ1v) is 9.39. The molecule has 0 aromatic carbocycles. The summed E-state index contributed by atoms with van der Waals surface area (Å²) in [5.41, 5.74) is 0. The van der Waals surface area contributed by atoms with Gasteiger partial charge in [-0.25, -0.2) is 0 Å². The van der Waals surface area contributed by atoms with Crippen molar-refractivity contribution in [2.45, 2.75) is 51.6 Å². The van der Waals surface area contributed by atoms with Crippen molar-refractivity contribution < 1.29 is 9.90 Å². The lowest BCUT2D eigenvalue weighted by molar-refractivity contribution is -0.131. The molecule has 2 aliphatic heterocycles. The molecule has 0 aromatic rings. The molecule has 0 spiro atoms. The number of nitrogens with zero attached hydrogens (tertiary/aromatic N) is 2. The van der Waals surface area contributed by atoms with Crippen LogP contribution in [-0.4, -0.2) is 73.2 Å². The Labute approximate surface area is 141 Å². The van der Waals surface area contributed by atoms with Crippen molar-refractivity contribution in [1.29, 1.82) is 0 Å². The Morgan fingerprint density at radius 3 is 2.48 bits per heavy atom. The van der Waals surface area contributed by atoms with Gasteiger partial charge in [-0.05, 0) is 77.0 Å². The van der Waals surface area contributed by atoms with E-state index < -0.39 is 0 Å². The second kappa shape index (κ2) is 9.60. The highest BCUT2D eigenvalue weighted by molar-refractivity contribution is 5.75. The summed E-state index contributed by atoms with van der Waals surface area (Å²) < 4.78 is 0. The lowest BCUT2D eigenvalue weighted by atomic mass is 9.92. The van der Waals surface area contributed by atoms with E-state index in [4.69, 9.17) is 0 Å². The smallest absolute Gasteiger partial charge is 0.222 e. The van der Waals surface area contributed by atoms with Crippen LogP contribution < -0.4 is 5.32 Å². The van der Waals surface area contributed by atoms with Crippen LogP contribution in [0.3, 0.4) is 0 Å². The number of hydrogen-bond donors (Lipinski definition) is 2. The monoisotopic (exact) mass is 325 g/mol. The molecular weight excluding hydrogens is 290 g/mol. The number of hydrogen-bond acceptors (Lipinski definition) is 4. The maximum Gasteiger partial charge on any atom is 0.222 e. The number of likely N-dealkylation sites (tertiary alicyclic amines) is 1. The molecule has 2 aliphatic rings. The molecule has 1 atom stereocenters. The van der Waals surface area contributed by atoms with Crippen LogP contribution in [0.5, 0.6) is 0 Å². The van der Waals surface area contributed by atoms with E-state index in [-0.39, 0.29) is 6.10 Å². The zero-order chi connectivity index (χ0) is 16.7. The third-order valence-corrected chi connectivity index (χ3v) is 5.41. The van der Waals surface area contributed by atoms with Crippen LogP contribution in [0.15, 0.2) is 0 Å². The second-order valence-corrected chi connectivity index (χ2v) is 7.60. The zero-order valence-electron chi connectivity index (χ0n) is 15.0. The maximum absolute atomic E-state index is 12.3. The third-order valence-electron chi connectivity index (χ3n) is 5.41. The zero-order valence-corrected chi connectivity index (χ0v) is 15.0. The number of piperidine rings is 2. The van der Waals surface area contributed by atoms with Crippen molar-refractivity contribution in [3.63, 3.8) is 0 Å². The Morgan fingerprint density at radius 1 is 1.22 bits per heavy atom. The quantitative estimate of drug-likeness (QED) is 0.741. The Morgan fingerprint density at radius 2 is 1.87 bits per heavy atom. The highest BCUT2D eigenvalue weighted by atomic mass is 16.3. The second-order valence-electron chi connectivity index (χ2n) is 7.60. The number of aliphatic hydroxyl groups excluding tert-OH is 1. The Kier molecular flexibility index (Phi) is 7.80. The molecule has 2 heterocycles. The standard InChI is InChI=1S/C18H35N3O2/c1-15(22)13-21-11-7-17(8-12-21)14-20(2)18(23)4-3-16-5-9-19-10-6-16/h15-17,19,22H,3-14H2,1-2H3. The van der Waals surface area contributed by atoms with E-state index in [1.54, 1.807) is 0 Å². The fraction of sp³-hybridized carbons (Fsp3) is 0.944. The van der Waals surface area contributed by atoms with E-state index in [0.717, 1.165) is 64.4 Å². The molecule has 23 heavy (non-hydrogen) atoms. The Hall–Kier alpha value is -0.650. The molecule has 0 radical (unpaired) electrons. The number of rotatable bonds is 7. The average Bonchev–Trinajstić information content (AvgIpc) is 2.55. The van der Waals surface area contributed by atoms with Gasteiger partial charge in [-0.1, -0.05) is 0 Å². The topological polar surface area (TPSA) is 55.8 Å². The molecule has 2 fully saturated rings. The summed E-state index contributed by atoms with van der Waals surface area (Å²) in [6, 6.07) is 0. The molecule has 5 nitrogen and oxygen atoms in total. The van der Waals surface area contributed by atoms with Gasteiger partial charge in [-0.15, -0.1) is 0 Å². The number of nitrogens with one attached hydrogen (secondary N) is 1. The Balaban J connectivity index is 1.62. The lowest BCUT2D eigenvalue weighted by Gasteiger charge is -2.34. The van der Waals surface area contributed by atoms with Gasteiger partial charge in [0, 0.05) is 26.6 Å². The SMILES string of the molecule is CC(O)CN1CCC(CN(C)C(=O)CCC2CCNCC2)CC1. The minimum Gasteiger partial charge on any atom is -0.392 e. The van der Waals surface area contributed by atoms with Gasteiger partial charge in [-0.2, -0.15) is 0 Å². The number of carbonyl (C=O) groups is 1. The summed E-state index contributed by atoms with van der Waals surface area (Å²) in [4.78, 5) is 16.6. The first kappa shape index (κ1) is 18.7. The summed E-state index contributed by atoms with van der Waals surface area (Å²) in [5, 5.41) is 12.8. The predicted octanol–water partition coefficient (Wildman–Crippen LogP) is 1.32. The highest BCUT2D eigenvalue weighted by Crippen LogP contribution is 2.20. The van der Waals surface area contributed by atoms with Crippen LogP contribution in [0, 0.1) is 11.8 Å². The summed E-state index contributed by atoms with van der Waals surface area (Å²) in [5.74, 6) is 1.67. The summed E-state index contributed by atoms with van der Waals surface area (Å²) >= 11 is 0. The summed E-state index contributed by atoms with van der Waals surface area (Å²) in [6.07, 6.45) is 6.24. The lowest BCUT2D eigenvalue weighted by Crippen LogP contribution is -2.41. The fourth-order valence-electron chi connectivity index (χ4n) is 3.90. The number of β-amino-alcohol motifs (C(OH)–C–C–N with tert-alkyl or cyclic N) is 1. The van der Waals surface area contributed by atoms with Crippen molar-refractivity contribution in [3.05, 3.63) is 0 Å². The van der Waals surface area contributed by atoms with E-state index in [2.05, 4.69) is 10.2 Å². The van der Waals surface area contributed by atoms with Gasteiger partial charge in [0.05, 0.1) is 6.10 Å². The summed E-state index contributed by atoms with van der Waals surface area (Å²) in [6.45, 7) is 7.84. The van der Waals surface area contributed by atoms with Gasteiger partial charge in [0.15, 0.2) is 0 Å². The molecule has 2 N–H and O–H groups in total. The molecule has 0 bridgehead atoms. The predicted molar refractivity (Wildman–Crippen MR) is 93.3 cm³/mol. The molecule has 0 saturated carbocycles. The van der Waals surface area contributed by atoms with Crippen LogP contribution in [0.1, 0.15) is 45.4 Å². The van der Waals surface area contributed by atoms with Crippen molar-refractivity contribution >= 4 is 5.91 Å². The maximum atomic E-state index is 12.3. The third kappa shape index (κ3) is 6.77. The molecule has 1 amide bonds. The molecule has 134 valence electrons. The van der Waals surface area contributed by atoms with Crippen molar-refractivity contribution in [2.75, 3.05) is 46.3 Å². The Bertz CT molecular complexity index is 348. The van der Waals surface area contributed by atoms with E-state index in [1.807, 2.05) is 18.9 Å². The highest BCUT2D eigenvalue weighted by Gasteiger charge is 2.23. The van der Waals surface area contributed by atoms with Gasteiger partial charge in [-0.3, -0.25) is 4.79 Å². The van der Waals surface area contributed by atoms with E-state index >= 15 is 0 Å².